The first kappa shape index (κ1) is 20.9. The lowest BCUT2D eigenvalue weighted by molar-refractivity contribution is 0.0750. The fourth-order valence-corrected chi connectivity index (χ4v) is 4.67. The highest BCUT2D eigenvalue weighted by Crippen LogP contribution is 2.36. The van der Waals surface area contributed by atoms with Gasteiger partial charge in [0, 0.05) is 24.0 Å². The van der Waals surface area contributed by atoms with Crippen molar-refractivity contribution in [3.05, 3.63) is 72.5 Å². The van der Waals surface area contributed by atoms with E-state index < -0.39 is 0 Å². The average molecular weight is 432 g/mol. The normalized spacial score (nSPS) is 23.3. The molecule has 0 bridgehead atoms. The first-order valence-electron chi connectivity index (χ1n) is 11.9. The van der Waals surface area contributed by atoms with Crippen LogP contribution in [0, 0.1) is 11.8 Å². The fourth-order valence-electron chi connectivity index (χ4n) is 4.67. The Morgan fingerprint density at radius 3 is 2.75 bits per heavy atom. The van der Waals surface area contributed by atoms with Gasteiger partial charge in [-0.15, -0.1) is 0 Å². The molecule has 2 aromatic rings. The van der Waals surface area contributed by atoms with E-state index in [0.29, 0.717) is 24.7 Å². The predicted molar refractivity (Wildman–Crippen MR) is 128 cm³/mol. The van der Waals surface area contributed by atoms with Crippen LogP contribution in [0.1, 0.15) is 51.5 Å². The lowest BCUT2D eigenvalue weighted by atomic mass is 9.78. The van der Waals surface area contributed by atoms with Crippen LogP contribution in [-0.4, -0.2) is 23.1 Å². The second-order valence-electron chi connectivity index (χ2n) is 9.35. The molecule has 1 N–H and O–H groups in total. The molecule has 1 aromatic carbocycles. The Bertz CT molecular complexity index is 1020. The van der Waals surface area contributed by atoms with Gasteiger partial charge in [0.2, 0.25) is 6.79 Å². The molecule has 1 aliphatic heterocycles. The van der Waals surface area contributed by atoms with Gasteiger partial charge in [0.25, 0.3) is 0 Å². The summed E-state index contributed by atoms with van der Waals surface area (Å²) in [7, 11) is 0. The molecule has 0 saturated heterocycles. The maximum atomic E-state index is 5.46. The summed E-state index contributed by atoms with van der Waals surface area (Å²) in [5, 5.41) is 8.21. The molecule has 5 nitrogen and oxygen atoms in total. The van der Waals surface area contributed by atoms with Gasteiger partial charge in [0.05, 0.1) is 12.2 Å². The third-order valence-electron chi connectivity index (χ3n) is 6.97. The Kier molecular flexibility index (Phi) is 6.06. The third-order valence-corrected chi connectivity index (χ3v) is 6.97. The van der Waals surface area contributed by atoms with Crippen LogP contribution in [0.25, 0.3) is 11.1 Å². The van der Waals surface area contributed by atoms with Crippen LogP contribution in [0.2, 0.25) is 0 Å². The lowest BCUT2D eigenvalue weighted by Gasteiger charge is -2.29. The molecule has 1 aromatic heterocycles. The summed E-state index contributed by atoms with van der Waals surface area (Å²) in [6.07, 6.45) is 15.7. The van der Waals surface area contributed by atoms with Gasteiger partial charge in [-0.1, -0.05) is 30.4 Å². The van der Waals surface area contributed by atoms with Crippen LogP contribution < -0.4 is 5.32 Å². The van der Waals surface area contributed by atoms with E-state index >= 15 is 0 Å². The number of benzene rings is 1. The first-order chi connectivity index (χ1) is 15.7. The number of rotatable bonds is 8. The van der Waals surface area contributed by atoms with E-state index in [1.54, 1.807) is 0 Å². The van der Waals surface area contributed by atoms with Crippen LogP contribution in [0.15, 0.2) is 72.5 Å². The summed E-state index contributed by atoms with van der Waals surface area (Å²) in [6, 6.07) is 9.34. The number of aromatic nitrogens is 2. The summed E-state index contributed by atoms with van der Waals surface area (Å²) in [4.78, 5) is 0. The molecule has 2 aliphatic carbocycles. The van der Waals surface area contributed by atoms with E-state index in [0.717, 1.165) is 18.1 Å². The van der Waals surface area contributed by atoms with Crippen LogP contribution in [0.3, 0.4) is 0 Å². The largest absolute Gasteiger partial charge is 0.458 e. The Labute approximate surface area is 190 Å². The minimum Gasteiger partial charge on any atom is -0.458 e. The standard InChI is InChI=1S/C27H33N3O2/c1-19(6-13-27-20(2)31-18-32-27)22-9-7-21(8-10-22)15-28-25-5-3-4-23(14-25)24-16-29-30(17-24)26-11-12-26/h3-6,13-14,16-17,21-22,26,28H,1,7-12,15,18H2,2H3/b13-6-/t21-,22-. The van der Waals surface area contributed by atoms with Crippen molar-refractivity contribution in [2.24, 2.45) is 11.8 Å². The zero-order valence-electron chi connectivity index (χ0n) is 18.9. The second kappa shape index (κ2) is 9.27. The minimum atomic E-state index is 0.323. The topological polar surface area (TPSA) is 48.3 Å². The highest BCUT2D eigenvalue weighted by Gasteiger charge is 2.24. The molecule has 5 rings (SSSR count). The van der Waals surface area contributed by atoms with Crippen LogP contribution in [-0.2, 0) is 9.47 Å². The molecule has 0 radical (unpaired) electrons. The Morgan fingerprint density at radius 2 is 2.00 bits per heavy atom. The third kappa shape index (κ3) is 4.93. The van der Waals surface area contributed by atoms with Gasteiger partial charge in [-0.25, -0.2) is 0 Å². The van der Waals surface area contributed by atoms with E-state index in [4.69, 9.17) is 9.47 Å². The number of nitrogens with zero attached hydrogens (tertiary/aromatic N) is 2. The molecule has 2 fully saturated rings. The molecule has 3 aliphatic rings. The van der Waals surface area contributed by atoms with E-state index in [1.807, 2.05) is 19.2 Å². The van der Waals surface area contributed by atoms with E-state index in [9.17, 15) is 0 Å². The molecule has 0 amide bonds. The number of ether oxygens (including phenoxy) is 2. The van der Waals surface area contributed by atoms with Gasteiger partial charge in [-0.05, 0) is 81.1 Å². The number of hydrogen-bond acceptors (Lipinski definition) is 4. The summed E-state index contributed by atoms with van der Waals surface area (Å²) in [5.41, 5.74) is 4.83. The molecule has 0 unspecified atom stereocenters. The summed E-state index contributed by atoms with van der Waals surface area (Å²) in [5.74, 6) is 2.95. The number of anilines is 1. The van der Waals surface area contributed by atoms with Gasteiger partial charge in [0.15, 0.2) is 5.76 Å². The van der Waals surface area contributed by atoms with Gasteiger partial charge in [0.1, 0.15) is 5.76 Å². The molecule has 0 atom stereocenters. The van der Waals surface area contributed by atoms with Gasteiger partial charge in [-0.2, -0.15) is 5.10 Å². The van der Waals surface area contributed by atoms with Crippen molar-refractivity contribution in [3.63, 3.8) is 0 Å². The van der Waals surface area contributed by atoms with Crippen molar-refractivity contribution in [1.82, 2.24) is 9.78 Å². The van der Waals surface area contributed by atoms with Crippen molar-refractivity contribution in [3.8, 4) is 11.1 Å². The van der Waals surface area contributed by atoms with Crippen molar-refractivity contribution < 1.29 is 9.47 Å². The fraction of sp³-hybridized carbons (Fsp3) is 0.444. The van der Waals surface area contributed by atoms with Gasteiger partial charge in [-0.3, -0.25) is 4.68 Å². The SMILES string of the molecule is C=C(/C=C\C1=C(C)OCO1)[C@H]1CC[C@H](CNc2cccc(-c3cnn(C4CC4)c3)c2)CC1. The Morgan fingerprint density at radius 1 is 1.16 bits per heavy atom. The molecule has 2 saturated carbocycles. The van der Waals surface area contributed by atoms with Crippen LogP contribution >= 0.6 is 0 Å². The average Bonchev–Trinajstić information content (AvgIpc) is 3.41. The summed E-state index contributed by atoms with van der Waals surface area (Å²) >= 11 is 0. The van der Waals surface area contributed by atoms with E-state index in [2.05, 4.69) is 58.2 Å². The maximum absolute atomic E-state index is 5.46. The maximum Gasteiger partial charge on any atom is 0.230 e. The van der Waals surface area contributed by atoms with Gasteiger partial charge < -0.3 is 14.8 Å². The Balaban J connectivity index is 1.10. The molecule has 2 heterocycles. The van der Waals surface area contributed by atoms with Crippen molar-refractivity contribution in [2.75, 3.05) is 18.7 Å². The van der Waals surface area contributed by atoms with E-state index in [-0.39, 0.29) is 0 Å². The number of allylic oxidation sites excluding steroid dienone is 4. The number of hydrogen-bond donors (Lipinski definition) is 1. The zero-order valence-corrected chi connectivity index (χ0v) is 18.9. The highest BCUT2D eigenvalue weighted by molar-refractivity contribution is 5.67. The lowest BCUT2D eigenvalue weighted by Crippen LogP contribution is -2.21. The molecule has 32 heavy (non-hydrogen) atoms. The van der Waals surface area contributed by atoms with Crippen molar-refractivity contribution in [1.29, 1.82) is 0 Å². The van der Waals surface area contributed by atoms with Crippen molar-refractivity contribution >= 4 is 5.69 Å². The minimum absolute atomic E-state index is 0.323. The smallest absolute Gasteiger partial charge is 0.230 e. The molecule has 168 valence electrons. The number of nitrogens with one attached hydrogen (secondary N) is 1. The van der Waals surface area contributed by atoms with Crippen LogP contribution in [0.4, 0.5) is 5.69 Å². The summed E-state index contributed by atoms with van der Waals surface area (Å²) < 4.78 is 12.9. The predicted octanol–water partition coefficient (Wildman–Crippen LogP) is 6.45. The van der Waals surface area contributed by atoms with Crippen molar-refractivity contribution in [2.45, 2.75) is 51.5 Å². The Hall–Kier alpha value is -2.95. The monoisotopic (exact) mass is 431 g/mol. The molecular formula is C27H33N3O2. The zero-order chi connectivity index (χ0) is 21.9. The molecular weight excluding hydrogens is 398 g/mol. The first-order valence-corrected chi connectivity index (χ1v) is 11.9. The molecule has 0 spiro atoms. The highest BCUT2D eigenvalue weighted by atomic mass is 16.7. The van der Waals surface area contributed by atoms with Crippen LogP contribution in [0.5, 0.6) is 0 Å². The quantitative estimate of drug-likeness (QED) is 0.488. The molecule has 5 heteroatoms. The summed E-state index contributed by atoms with van der Waals surface area (Å²) in [6.45, 7) is 7.59. The second-order valence-corrected chi connectivity index (χ2v) is 9.35. The van der Waals surface area contributed by atoms with E-state index in [1.165, 1.54) is 60.9 Å². The van der Waals surface area contributed by atoms with Gasteiger partial charge >= 0.3 is 0 Å².